The molecule has 0 radical (unpaired) electrons. The van der Waals surface area contributed by atoms with Crippen LogP contribution in [-0.4, -0.2) is 19.3 Å². The van der Waals surface area contributed by atoms with Gasteiger partial charge in [0.05, 0.1) is 22.4 Å². The maximum absolute atomic E-state index is 4.72. The number of benzene rings is 2. The third kappa shape index (κ3) is 3.07. The molecule has 2 heterocycles. The van der Waals surface area contributed by atoms with Crippen LogP contribution in [0.4, 0.5) is 0 Å². The fraction of sp³-hybridized carbons (Fsp3) is 0.200. The predicted octanol–water partition coefficient (Wildman–Crippen LogP) is 4.67. The summed E-state index contributed by atoms with van der Waals surface area (Å²) >= 11 is 1.76. The maximum Gasteiger partial charge on any atom is 0.169 e. The third-order valence-corrected chi connectivity index (χ3v) is 5.41. The summed E-state index contributed by atoms with van der Waals surface area (Å²) in [5, 5.41) is 5.58. The van der Waals surface area contributed by atoms with E-state index in [1.165, 1.54) is 11.1 Å². The second-order valence-corrected chi connectivity index (χ2v) is 7.18. The highest BCUT2D eigenvalue weighted by Gasteiger charge is 2.08. The number of thioether (sulfide) groups is 1. The van der Waals surface area contributed by atoms with Gasteiger partial charge in [-0.1, -0.05) is 36.0 Å². The van der Waals surface area contributed by atoms with Gasteiger partial charge >= 0.3 is 0 Å². The Morgan fingerprint density at radius 3 is 2.44 bits per heavy atom. The van der Waals surface area contributed by atoms with Crippen LogP contribution in [0.5, 0.6) is 0 Å². The minimum absolute atomic E-state index is 0.897. The van der Waals surface area contributed by atoms with E-state index < -0.39 is 0 Å². The summed E-state index contributed by atoms with van der Waals surface area (Å²) < 4.78 is 4.14. The van der Waals surface area contributed by atoms with Gasteiger partial charge in [0.25, 0.3) is 0 Å². The summed E-state index contributed by atoms with van der Waals surface area (Å²) in [5.41, 5.74) is 6.79. The normalized spacial score (nSPS) is 11.3. The molecule has 0 atom stereocenters. The summed E-state index contributed by atoms with van der Waals surface area (Å²) in [6.07, 6.45) is 0. The van der Waals surface area contributed by atoms with Crippen molar-refractivity contribution in [2.24, 2.45) is 7.05 Å². The molecular formula is C20H20N4S. The van der Waals surface area contributed by atoms with Crippen LogP contribution in [0.3, 0.4) is 0 Å². The summed E-state index contributed by atoms with van der Waals surface area (Å²) in [5.74, 6) is 0.897. The van der Waals surface area contributed by atoms with Crippen molar-refractivity contribution < 1.29 is 0 Å². The van der Waals surface area contributed by atoms with Crippen LogP contribution in [0.15, 0.2) is 59.8 Å². The van der Waals surface area contributed by atoms with Gasteiger partial charge in [0.1, 0.15) is 0 Å². The number of hydrogen-bond donors (Lipinski definition) is 0. The predicted molar refractivity (Wildman–Crippen MR) is 103 cm³/mol. The van der Waals surface area contributed by atoms with Crippen molar-refractivity contribution in [3.8, 4) is 5.69 Å². The number of imidazole rings is 1. The lowest BCUT2D eigenvalue weighted by Gasteiger charge is -2.06. The zero-order valence-electron chi connectivity index (χ0n) is 14.6. The van der Waals surface area contributed by atoms with E-state index in [4.69, 9.17) is 4.98 Å². The SMILES string of the molecule is Cc1cc(C)n(-c2ccc(CSc3nc4ccccc4n3C)cc2)n1. The lowest BCUT2D eigenvalue weighted by molar-refractivity contribution is 0.815. The van der Waals surface area contributed by atoms with Crippen molar-refractivity contribution in [3.63, 3.8) is 0 Å². The molecule has 0 spiro atoms. The summed E-state index contributed by atoms with van der Waals surface area (Å²) in [6.45, 7) is 4.10. The van der Waals surface area contributed by atoms with Gasteiger partial charge in [-0.25, -0.2) is 9.67 Å². The van der Waals surface area contributed by atoms with Gasteiger partial charge in [-0.05, 0) is 49.7 Å². The minimum Gasteiger partial charge on any atom is -0.322 e. The first kappa shape index (κ1) is 16.0. The average molecular weight is 348 g/mol. The van der Waals surface area contributed by atoms with Crippen LogP contribution in [0.2, 0.25) is 0 Å². The van der Waals surface area contributed by atoms with Crippen LogP contribution in [-0.2, 0) is 12.8 Å². The highest BCUT2D eigenvalue weighted by atomic mass is 32.2. The second-order valence-electron chi connectivity index (χ2n) is 6.24. The monoisotopic (exact) mass is 348 g/mol. The standard InChI is InChI=1S/C20H20N4S/c1-14-12-15(2)24(22-14)17-10-8-16(9-11-17)13-25-20-21-18-6-4-5-7-19(18)23(20)3/h4-12H,13H2,1-3H3. The number of fused-ring (bicyclic) bond motifs is 1. The zero-order valence-corrected chi connectivity index (χ0v) is 15.4. The molecule has 2 aromatic heterocycles. The fourth-order valence-corrected chi connectivity index (χ4v) is 3.97. The van der Waals surface area contributed by atoms with Crippen LogP contribution in [0.1, 0.15) is 17.0 Å². The number of aromatic nitrogens is 4. The Labute approximate surface area is 151 Å². The van der Waals surface area contributed by atoms with Crippen LogP contribution in [0, 0.1) is 13.8 Å². The number of nitrogens with zero attached hydrogens (tertiary/aromatic N) is 4. The Hall–Kier alpha value is -2.53. The molecule has 0 fully saturated rings. The van der Waals surface area contributed by atoms with Gasteiger partial charge in [0.15, 0.2) is 5.16 Å². The molecular weight excluding hydrogens is 328 g/mol. The average Bonchev–Trinajstić information content (AvgIpc) is 3.13. The molecule has 25 heavy (non-hydrogen) atoms. The van der Waals surface area contributed by atoms with E-state index >= 15 is 0 Å². The van der Waals surface area contributed by atoms with E-state index in [-0.39, 0.29) is 0 Å². The fourth-order valence-electron chi connectivity index (χ4n) is 3.02. The summed E-state index contributed by atoms with van der Waals surface area (Å²) in [6, 6.07) is 18.9. The molecule has 4 rings (SSSR count). The molecule has 0 aliphatic rings. The van der Waals surface area contributed by atoms with Gasteiger partial charge in [0, 0.05) is 18.5 Å². The lowest BCUT2D eigenvalue weighted by atomic mass is 10.2. The van der Waals surface area contributed by atoms with Crippen molar-refractivity contribution in [2.45, 2.75) is 24.8 Å². The molecule has 0 aliphatic heterocycles. The Morgan fingerprint density at radius 2 is 1.76 bits per heavy atom. The summed E-state index contributed by atoms with van der Waals surface area (Å²) in [4.78, 5) is 4.72. The van der Waals surface area contributed by atoms with E-state index in [1.54, 1.807) is 11.8 Å². The number of hydrogen-bond acceptors (Lipinski definition) is 3. The van der Waals surface area contributed by atoms with Gasteiger partial charge in [-0.15, -0.1) is 0 Å². The molecule has 0 bridgehead atoms. The highest BCUT2D eigenvalue weighted by molar-refractivity contribution is 7.98. The Morgan fingerprint density at radius 1 is 1.00 bits per heavy atom. The van der Waals surface area contributed by atoms with Crippen molar-refractivity contribution in [1.29, 1.82) is 0 Å². The van der Waals surface area contributed by atoms with Crippen LogP contribution >= 0.6 is 11.8 Å². The zero-order chi connectivity index (χ0) is 17.4. The molecule has 5 heteroatoms. The highest BCUT2D eigenvalue weighted by Crippen LogP contribution is 2.26. The third-order valence-electron chi connectivity index (χ3n) is 4.30. The van der Waals surface area contributed by atoms with Gasteiger partial charge < -0.3 is 4.57 Å². The minimum atomic E-state index is 0.897. The first-order chi connectivity index (χ1) is 12.1. The van der Waals surface area contributed by atoms with Crippen molar-refractivity contribution in [2.75, 3.05) is 0 Å². The summed E-state index contributed by atoms with van der Waals surface area (Å²) in [7, 11) is 2.07. The molecule has 2 aromatic carbocycles. The first-order valence-electron chi connectivity index (χ1n) is 8.28. The molecule has 0 aliphatic carbocycles. The smallest absolute Gasteiger partial charge is 0.169 e. The molecule has 0 N–H and O–H groups in total. The topological polar surface area (TPSA) is 35.6 Å². The van der Waals surface area contributed by atoms with E-state index in [0.29, 0.717) is 0 Å². The quantitative estimate of drug-likeness (QED) is 0.503. The molecule has 4 nitrogen and oxygen atoms in total. The molecule has 0 saturated carbocycles. The maximum atomic E-state index is 4.72. The van der Waals surface area contributed by atoms with E-state index in [9.17, 15) is 0 Å². The second kappa shape index (κ2) is 6.41. The number of aryl methyl sites for hydroxylation is 3. The van der Waals surface area contributed by atoms with Gasteiger partial charge in [-0.2, -0.15) is 5.10 Å². The van der Waals surface area contributed by atoms with E-state index in [0.717, 1.165) is 33.5 Å². The molecule has 0 amide bonds. The largest absolute Gasteiger partial charge is 0.322 e. The molecule has 0 unspecified atom stereocenters. The Kier molecular flexibility index (Phi) is 4.09. The lowest BCUT2D eigenvalue weighted by Crippen LogP contribution is -1.99. The Bertz CT molecular complexity index is 1030. The molecule has 0 saturated heterocycles. The van der Waals surface area contributed by atoms with Crippen molar-refractivity contribution in [3.05, 3.63) is 71.5 Å². The first-order valence-corrected chi connectivity index (χ1v) is 9.27. The van der Waals surface area contributed by atoms with E-state index in [2.05, 4.69) is 72.2 Å². The number of para-hydroxylation sites is 2. The van der Waals surface area contributed by atoms with Gasteiger partial charge in [0.2, 0.25) is 0 Å². The van der Waals surface area contributed by atoms with Crippen molar-refractivity contribution >= 4 is 22.8 Å². The molecule has 126 valence electrons. The Balaban J connectivity index is 1.51. The van der Waals surface area contributed by atoms with E-state index in [1.807, 2.05) is 17.7 Å². The van der Waals surface area contributed by atoms with Gasteiger partial charge in [-0.3, -0.25) is 0 Å². The van der Waals surface area contributed by atoms with Crippen LogP contribution < -0.4 is 0 Å². The van der Waals surface area contributed by atoms with Crippen LogP contribution in [0.25, 0.3) is 16.7 Å². The molecule has 4 aromatic rings. The van der Waals surface area contributed by atoms with Crippen molar-refractivity contribution in [1.82, 2.24) is 19.3 Å². The number of rotatable bonds is 4.